The lowest BCUT2D eigenvalue weighted by Crippen LogP contribution is -2.36. The number of nitrogens with one attached hydrogen (secondary N) is 1. The summed E-state index contributed by atoms with van der Waals surface area (Å²) < 4.78 is 0. The average molecular weight is 299 g/mol. The van der Waals surface area contributed by atoms with Gasteiger partial charge in [-0.15, -0.1) is 0 Å². The number of nitrogens with zero attached hydrogens (tertiary/aromatic N) is 2. The van der Waals surface area contributed by atoms with Gasteiger partial charge in [0.05, 0.1) is 5.56 Å². The summed E-state index contributed by atoms with van der Waals surface area (Å²) in [4.78, 5) is 19.3. The van der Waals surface area contributed by atoms with Crippen molar-refractivity contribution in [3.63, 3.8) is 0 Å². The molecule has 0 aromatic carbocycles. The lowest BCUT2D eigenvalue weighted by atomic mass is 10.1. The molecule has 4 rings (SSSR count). The van der Waals surface area contributed by atoms with Crippen molar-refractivity contribution < 1.29 is 4.79 Å². The summed E-state index contributed by atoms with van der Waals surface area (Å²) in [5, 5.41) is 3.63. The Labute approximate surface area is 132 Å². The van der Waals surface area contributed by atoms with E-state index in [0.29, 0.717) is 6.04 Å². The molecule has 3 aliphatic rings. The molecule has 3 fully saturated rings. The van der Waals surface area contributed by atoms with Gasteiger partial charge in [-0.3, -0.25) is 4.79 Å². The van der Waals surface area contributed by atoms with Crippen LogP contribution in [0.2, 0.25) is 0 Å². The number of amides is 1. The maximum atomic E-state index is 12.8. The molecule has 2 saturated carbocycles. The fraction of sp³-hybridized carbons (Fsp3) is 0.667. The van der Waals surface area contributed by atoms with Crippen molar-refractivity contribution in [3.05, 3.63) is 23.9 Å². The summed E-state index contributed by atoms with van der Waals surface area (Å²) in [7, 11) is 0. The van der Waals surface area contributed by atoms with E-state index in [0.717, 1.165) is 49.1 Å². The number of carbonyl (C=O) groups excluding carboxylic acids is 1. The summed E-state index contributed by atoms with van der Waals surface area (Å²) in [5.74, 6) is 2.56. The zero-order chi connectivity index (χ0) is 14.9. The Kier molecular flexibility index (Phi) is 3.77. The van der Waals surface area contributed by atoms with Crippen LogP contribution >= 0.6 is 0 Å². The van der Waals surface area contributed by atoms with Gasteiger partial charge in [-0.25, -0.2) is 4.98 Å². The highest BCUT2D eigenvalue weighted by Crippen LogP contribution is 2.45. The van der Waals surface area contributed by atoms with Gasteiger partial charge in [0, 0.05) is 25.3 Å². The Morgan fingerprint density at radius 2 is 1.82 bits per heavy atom. The molecule has 0 bridgehead atoms. The zero-order valence-electron chi connectivity index (χ0n) is 13.1. The van der Waals surface area contributed by atoms with Gasteiger partial charge >= 0.3 is 0 Å². The number of anilines is 1. The highest BCUT2D eigenvalue weighted by atomic mass is 16.2. The van der Waals surface area contributed by atoms with Crippen LogP contribution < -0.4 is 5.32 Å². The van der Waals surface area contributed by atoms with Crippen molar-refractivity contribution in [3.8, 4) is 0 Å². The van der Waals surface area contributed by atoms with E-state index in [9.17, 15) is 4.79 Å². The van der Waals surface area contributed by atoms with Gasteiger partial charge in [-0.1, -0.05) is 0 Å². The normalized spacial score (nSPS) is 22.0. The minimum atomic E-state index is 0.153. The summed E-state index contributed by atoms with van der Waals surface area (Å²) in [6.07, 6.45) is 10.6. The topological polar surface area (TPSA) is 45.2 Å². The van der Waals surface area contributed by atoms with Gasteiger partial charge < -0.3 is 10.2 Å². The molecule has 22 heavy (non-hydrogen) atoms. The molecule has 1 saturated heterocycles. The quantitative estimate of drug-likeness (QED) is 0.907. The first kappa shape index (κ1) is 14.0. The van der Waals surface area contributed by atoms with Crippen LogP contribution in [0.4, 0.5) is 5.82 Å². The third kappa shape index (κ3) is 2.96. The first-order chi connectivity index (χ1) is 10.8. The number of rotatable bonds is 5. The molecule has 0 radical (unpaired) electrons. The molecule has 4 heteroatoms. The number of hydrogen-bond acceptors (Lipinski definition) is 3. The summed E-state index contributed by atoms with van der Waals surface area (Å²) in [5.41, 5.74) is 0.760. The fourth-order valence-electron chi connectivity index (χ4n) is 3.65. The summed E-state index contributed by atoms with van der Waals surface area (Å²) in [6, 6.07) is 4.34. The standard InChI is InChI=1S/C18H25N3O/c22-18(21-11-2-1-3-12-21)15-5-4-10-19-17(15)20-16(13-6-7-13)14-8-9-14/h4-5,10,13-14,16H,1-3,6-9,11-12H2,(H,19,20). The van der Waals surface area contributed by atoms with E-state index in [-0.39, 0.29) is 5.91 Å². The molecule has 1 amide bonds. The smallest absolute Gasteiger partial charge is 0.257 e. The van der Waals surface area contributed by atoms with E-state index in [1.54, 1.807) is 6.20 Å². The van der Waals surface area contributed by atoms with Crippen molar-refractivity contribution in [2.45, 2.75) is 51.0 Å². The molecule has 1 aromatic heterocycles. The molecule has 2 heterocycles. The number of pyridine rings is 1. The first-order valence-electron chi connectivity index (χ1n) is 8.84. The van der Waals surface area contributed by atoms with Crippen LogP contribution in [0.15, 0.2) is 18.3 Å². The lowest BCUT2D eigenvalue weighted by Gasteiger charge is -2.28. The fourth-order valence-corrected chi connectivity index (χ4v) is 3.65. The monoisotopic (exact) mass is 299 g/mol. The van der Waals surface area contributed by atoms with Crippen LogP contribution in [0.5, 0.6) is 0 Å². The van der Waals surface area contributed by atoms with Crippen molar-refractivity contribution in [1.82, 2.24) is 9.88 Å². The van der Waals surface area contributed by atoms with Crippen LogP contribution in [-0.2, 0) is 0 Å². The lowest BCUT2D eigenvalue weighted by molar-refractivity contribution is 0.0725. The molecule has 1 N–H and O–H groups in total. The highest BCUT2D eigenvalue weighted by Gasteiger charge is 2.42. The maximum Gasteiger partial charge on any atom is 0.257 e. The van der Waals surface area contributed by atoms with Crippen LogP contribution in [0.25, 0.3) is 0 Å². The number of piperidine rings is 1. The minimum Gasteiger partial charge on any atom is -0.366 e. The summed E-state index contributed by atoms with van der Waals surface area (Å²) in [6.45, 7) is 1.78. The second kappa shape index (κ2) is 5.90. The Morgan fingerprint density at radius 3 is 2.45 bits per heavy atom. The number of aromatic nitrogens is 1. The maximum absolute atomic E-state index is 12.8. The van der Waals surface area contributed by atoms with Gasteiger partial charge in [0.2, 0.25) is 0 Å². The Balaban J connectivity index is 1.53. The molecule has 1 aromatic rings. The van der Waals surface area contributed by atoms with Gasteiger partial charge in [0.15, 0.2) is 0 Å². The molecular formula is C18H25N3O. The van der Waals surface area contributed by atoms with E-state index in [1.165, 1.54) is 32.1 Å². The Bertz CT molecular complexity index is 533. The molecule has 1 aliphatic heterocycles. The second-order valence-electron chi connectivity index (χ2n) is 7.10. The van der Waals surface area contributed by atoms with E-state index in [2.05, 4.69) is 10.3 Å². The predicted octanol–water partition coefficient (Wildman–Crippen LogP) is 3.31. The molecule has 0 unspecified atom stereocenters. The molecule has 2 aliphatic carbocycles. The zero-order valence-corrected chi connectivity index (χ0v) is 13.1. The predicted molar refractivity (Wildman–Crippen MR) is 86.9 cm³/mol. The number of hydrogen-bond donors (Lipinski definition) is 1. The van der Waals surface area contributed by atoms with Gasteiger partial charge in [0.25, 0.3) is 5.91 Å². The van der Waals surface area contributed by atoms with Crippen LogP contribution in [0, 0.1) is 11.8 Å². The molecule has 4 nitrogen and oxygen atoms in total. The second-order valence-corrected chi connectivity index (χ2v) is 7.10. The van der Waals surface area contributed by atoms with E-state index in [4.69, 9.17) is 0 Å². The van der Waals surface area contributed by atoms with Crippen LogP contribution in [0.3, 0.4) is 0 Å². The van der Waals surface area contributed by atoms with Crippen molar-refractivity contribution in [1.29, 1.82) is 0 Å². The third-order valence-electron chi connectivity index (χ3n) is 5.24. The molecular weight excluding hydrogens is 274 g/mol. The van der Waals surface area contributed by atoms with Gasteiger partial charge in [-0.05, 0) is 68.9 Å². The van der Waals surface area contributed by atoms with Crippen molar-refractivity contribution >= 4 is 11.7 Å². The highest BCUT2D eigenvalue weighted by molar-refractivity contribution is 5.98. The van der Waals surface area contributed by atoms with E-state index >= 15 is 0 Å². The Hall–Kier alpha value is -1.58. The average Bonchev–Trinajstić information content (AvgIpc) is 3.47. The largest absolute Gasteiger partial charge is 0.366 e. The molecule has 118 valence electrons. The van der Waals surface area contributed by atoms with Gasteiger partial charge in [0.1, 0.15) is 5.82 Å². The number of carbonyl (C=O) groups is 1. The number of likely N-dealkylation sites (tertiary alicyclic amines) is 1. The first-order valence-corrected chi connectivity index (χ1v) is 8.84. The third-order valence-corrected chi connectivity index (χ3v) is 5.24. The minimum absolute atomic E-state index is 0.153. The van der Waals surface area contributed by atoms with Crippen LogP contribution in [0.1, 0.15) is 55.3 Å². The van der Waals surface area contributed by atoms with Crippen LogP contribution in [-0.4, -0.2) is 34.9 Å². The molecule has 0 spiro atoms. The summed E-state index contributed by atoms with van der Waals surface area (Å²) >= 11 is 0. The van der Waals surface area contributed by atoms with E-state index in [1.807, 2.05) is 17.0 Å². The Morgan fingerprint density at radius 1 is 1.14 bits per heavy atom. The SMILES string of the molecule is O=C(c1cccnc1NC(C1CC1)C1CC1)N1CCCCC1. The van der Waals surface area contributed by atoms with Gasteiger partial charge in [-0.2, -0.15) is 0 Å². The van der Waals surface area contributed by atoms with Crippen molar-refractivity contribution in [2.24, 2.45) is 11.8 Å². The van der Waals surface area contributed by atoms with Crippen molar-refractivity contribution in [2.75, 3.05) is 18.4 Å². The molecule has 0 atom stereocenters. The van der Waals surface area contributed by atoms with E-state index < -0.39 is 0 Å².